The lowest BCUT2D eigenvalue weighted by atomic mass is 10.2. The Labute approximate surface area is 152 Å². The van der Waals surface area contributed by atoms with Gasteiger partial charge in [-0.05, 0) is 48.4 Å². The fourth-order valence-corrected chi connectivity index (χ4v) is 4.07. The first-order valence-corrected chi connectivity index (χ1v) is 9.45. The van der Waals surface area contributed by atoms with Crippen LogP contribution in [0.2, 0.25) is 0 Å². The monoisotopic (exact) mass is 373 g/mol. The Morgan fingerprint density at radius 1 is 1.31 bits per heavy atom. The van der Waals surface area contributed by atoms with Crippen LogP contribution in [0.3, 0.4) is 0 Å². The maximum Gasteiger partial charge on any atom is 0.323 e. The molecular weight excluding hydrogens is 354 g/mol. The SMILES string of the molecule is CC(Sc1nnnn1C1CCCC1)C(=O)Nc1ccc2[nH]c(=O)[nH]c2c1. The molecule has 0 saturated heterocycles. The first-order chi connectivity index (χ1) is 12.6. The van der Waals surface area contributed by atoms with Gasteiger partial charge in [-0.2, -0.15) is 0 Å². The molecule has 2 aromatic heterocycles. The van der Waals surface area contributed by atoms with Crippen LogP contribution >= 0.6 is 11.8 Å². The van der Waals surface area contributed by atoms with Crippen molar-refractivity contribution in [3.05, 3.63) is 28.7 Å². The summed E-state index contributed by atoms with van der Waals surface area (Å²) in [6.07, 6.45) is 4.53. The van der Waals surface area contributed by atoms with Crippen LogP contribution in [0.1, 0.15) is 38.6 Å². The number of imidazole rings is 1. The Kier molecular flexibility index (Phi) is 4.49. The fraction of sp³-hybridized carbons (Fsp3) is 0.438. The Balaban J connectivity index is 1.44. The average Bonchev–Trinajstić information content (AvgIpc) is 3.33. The molecule has 0 spiro atoms. The molecule has 1 aliphatic rings. The van der Waals surface area contributed by atoms with E-state index in [0.29, 0.717) is 27.9 Å². The van der Waals surface area contributed by atoms with Gasteiger partial charge in [-0.1, -0.05) is 24.6 Å². The second kappa shape index (κ2) is 6.94. The Morgan fingerprint density at radius 3 is 2.88 bits per heavy atom. The number of rotatable bonds is 5. The van der Waals surface area contributed by atoms with Gasteiger partial charge in [0.2, 0.25) is 11.1 Å². The molecule has 9 nitrogen and oxygen atoms in total. The van der Waals surface area contributed by atoms with Gasteiger partial charge in [0.25, 0.3) is 0 Å². The number of thioether (sulfide) groups is 1. The normalized spacial score (nSPS) is 16.2. The molecule has 1 aliphatic carbocycles. The third-order valence-corrected chi connectivity index (χ3v) is 5.62. The van der Waals surface area contributed by atoms with Crippen molar-refractivity contribution in [2.45, 2.75) is 49.1 Å². The van der Waals surface area contributed by atoms with Crippen molar-refractivity contribution in [1.82, 2.24) is 30.2 Å². The summed E-state index contributed by atoms with van der Waals surface area (Å²) in [5.41, 5.74) is 1.70. The van der Waals surface area contributed by atoms with E-state index < -0.39 is 0 Å². The van der Waals surface area contributed by atoms with Gasteiger partial charge in [-0.3, -0.25) is 4.79 Å². The zero-order valence-electron chi connectivity index (χ0n) is 14.2. The van der Waals surface area contributed by atoms with Gasteiger partial charge >= 0.3 is 5.69 Å². The van der Waals surface area contributed by atoms with Gasteiger partial charge in [0.15, 0.2) is 0 Å². The lowest BCUT2D eigenvalue weighted by Gasteiger charge is -2.14. The number of aromatic nitrogens is 6. The van der Waals surface area contributed by atoms with Gasteiger partial charge in [0, 0.05) is 5.69 Å². The highest BCUT2D eigenvalue weighted by molar-refractivity contribution is 8.00. The minimum absolute atomic E-state index is 0.145. The molecule has 0 bridgehead atoms. The maximum absolute atomic E-state index is 12.5. The molecule has 4 rings (SSSR count). The molecule has 3 aromatic rings. The van der Waals surface area contributed by atoms with E-state index in [2.05, 4.69) is 30.8 Å². The lowest BCUT2D eigenvalue weighted by molar-refractivity contribution is -0.115. The number of nitrogens with zero attached hydrogens (tertiary/aromatic N) is 4. The number of hydrogen-bond acceptors (Lipinski definition) is 6. The zero-order valence-corrected chi connectivity index (χ0v) is 15.0. The second-order valence-corrected chi connectivity index (χ2v) is 7.74. The molecule has 1 aromatic carbocycles. The largest absolute Gasteiger partial charge is 0.325 e. The minimum atomic E-state index is -0.359. The molecule has 1 atom stereocenters. The standard InChI is InChI=1S/C16H19N7O2S/c1-9(26-16-20-21-22-23(16)11-4-2-3-5-11)14(24)17-10-6-7-12-13(8-10)19-15(25)18-12/h6-9,11H,2-5H2,1H3,(H,17,24)(H2,18,19,25). The quantitative estimate of drug-likeness (QED) is 0.589. The summed E-state index contributed by atoms with van der Waals surface area (Å²) in [4.78, 5) is 29.2. The first kappa shape index (κ1) is 16.8. The van der Waals surface area contributed by atoms with E-state index in [4.69, 9.17) is 0 Å². The van der Waals surface area contributed by atoms with Crippen LogP contribution in [0, 0.1) is 0 Å². The first-order valence-electron chi connectivity index (χ1n) is 8.57. The topological polar surface area (TPSA) is 121 Å². The van der Waals surface area contributed by atoms with Crippen molar-refractivity contribution in [1.29, 1.82) is 0 Å². The van der Waals surface area contributed by atoms with Crippen LogP contribution in [0.25, 0.3) is 11.0 Å². The number of anilines is 1. The van der Waals surface area contributed by atoms with Crippen molar-refractivity contribution in [3.8, 4) is 0 Å². The molecule has 1 fully saturated rings. The number of carbonyl (C=O) groups excluding carboxylic acids is 1. The van der Waals surface area contributed by atoms with Crippen LogP contribution in [0.5, 0.6) is 0 Å². The molecule has 0 radical (unpaired) electrons. The Bertz CT molecular complexity index is 986. The van der Waals surface area contributed by atoms with E-state index in [1.807, 2.05) is 11.6 Å². The molecule has 2 heterocycles. The zero-order chi connectivity index (χ0) is 18.1. The van der Waals surface area contributed by atoms with E-state index in [1.165, 1.54) is 24.6 Å². The van der Waals surface area contributed by atoms with E-state index in [9.17, 15) is 9.59 Å². The number of aromatic amines is 2. The van der Waals surface area contributed by atoms with Crippen LogP contribution in [-0.4, -0.2) is 41.3 Å². The summed E-state index contributed by atoms with van der Waals surface area (Å²) in [6, 6.07) is 5.56. The number of H-pyrrole nitrogens is 2. The smallest absolute Gasteiger partial charge is 0.323 e. The van der Waals surface area contributed by atoms with E-state index in [-0.39, 0.29) is 16.8 Å². The lowest BCUT2D eigenvalue weighted by Crippen LogP contribution is -2.23. The predicted molar refractivity (Wildman–Crippen MR) is 98.2 cm³/mol. The molecule has 26 heavy (non-hydrogen) atoms. The molecule has 10 heteroatoms. The second-order valence-electron chi connectivity index (χ2n) is 6.43. The fourth-order valence-electron chi connectivity index (χ4n) is 3.21. The Morgan fingerprint density at radius 2 is 2.08 bits per heavy atom. The number of carbonyl (C=O) groups is 1. The highest BCUT2D eigenvalue weighted by atomic mass is 32.2. The van der Waals surface area contributed by atoms with E-state index in [1.54, 1.807) is 18.2 Å². The molecule has 136 valence electrons. The maximum atomic E-state index is 12.5. The number of hydrogen-bond donors (Lipinski definition) is 3. The molecule has 0 aliphatic heterocycles. The summed E-state index contributed by atoms with van der Waals surface area (Å²) < 4.78 is 1.85. The third kappa shape index (κ3) is 3.36. The average molecular weight is 373 g/mol. The van der Waals surface area contributed by atoms with Gasteiger partial charge in [-0.25, -0.2) is 9.48 Å². The number of amides is 1. The van der Waals surface area contributed by atoms with Crippen LogP contribution < -0.4 is 11.0 Å². The van der Waals surface area contributed by atoms with E-state index >= 15 is 0 Å². The van der Waals surface area contributed by atoms with Gasteiger partial charge in [0.05, 0.1) is 22.3 Å². The van der Waals surface area contributed by atoms with Crippen molar-refractivity contribution in [2.75, 3.05) is 5.32 Å². The van der Waals surface area contributed by atoms with Gasteiger partial charge < -0.3 is 15.3 Å². The summed E-state index contributed by atoms with van der Waals surface area (Å²) in [5, 5.41) is 15.1. The van der Waals surface area contributed by atoms with Gasteiger partial charge in [-0.15, -0.1) is 5.10 Å². The minimum Gasteiger partial charge on any atom is -0.325 e. The molecule has 1 unspecified atom stereocenters. The molecular formula is C16H19N7O2S. The number of tetrazole rings is 1. The number of fused-ring (bicyclic) bond motifs is 1. The van der Waals surface area contributed by atoms with Crippen molar-refractivity contribution in [3.63, 3.8) is 0 Å². The number of benzene rings is 1. The molecule has 1 saturated carbocycles. The van der Waals surface area contributed by atoms with Crippen molar-refractivity contribution < 1.29 is 4.79 Å². The van der Waals surface area contributed by atoms with Crippen molar-refractivity contribution >= 4 is 34.4 Å². The molecule has 1 amide bonds. The van der Waals surface area contributed by atoms with Crippen LogP contribution in [0.15, 0.2) is 28.2 Å². The predicted octanol–water partition coefficient (Wildman–Crippen LogP) is 2.08. The van der Waals surface area contributed by atoms with Crippen LogP contribution in [0.4, 0.5) is 5.69 Å². The number of nitrogens with one attached hydrogen (secondary N) is 3. The highest BCUT2D eigenvalue weighted by Crippen LogP contribution is 2.32. The van der Waals surface area contributed by atoms with E-state index in [0.717, 1.165) is 12.8 Å². The summed E-state index contributed by atoms with van der Waals surface area (Å²) in [5.74, 6) is -0.145. The van der Waals surface area contributed by atoms with Gasteiger partial charge in [0.1, 0.15) is 0 Å². The summed E-state index contributed by atoms with van der Waals surface area (Å²) in [7, 11) is 0. The Hall–Kier alpha value is -2.62. The summed E-state index contributed by atoms with van der Waals surface area (Å²) >= 11 is 1.35. The van der Waals surface area contributed by atoms with Crippen LogP contribution in [-0.2, 0) is 4.79 Å². The third-order valence-electron chi connectivity index (χ3n) is 4.57. The van der Waals surface area contributed by atoms with Crippen molar-refractivity contribution in [2.24, 2.45) is 0 Å². The molecule has 3 N–H and O–H groups in total. The summed E-state index contributed by atoms with van der Waals surface area (Å²) in [6.45, 7) is 1.82. The highest BCUT2D eigenvalue weighted by Gasteiger charge is 2.24.